The number of fused-ring (bicyclic) bond motifs is 4. The zero-order valence-electron chi connectivity index (χ0n) is 18.3. The molecule has 0 fully saturated rings. The molecular weight excluding hydrogens is 450 g/mol. The summed E-state index contributed by atoms with van der Waals surface area (Å²) in [6.45, 7) is 2.87. The van der Waals surface area contributed by atoms with Gasteiger partial charge >= 0.3 is 6.18 Å². The second-order valence-corrected chi connectivity index (χ2v) is 8.45. The monoisotopic (exact) mass is 469 g/mol. The van der Waals surface area contributed by atoms with Gasteiger partial charge in [0.25, 0.3) is 5.78 Å². The number of ether oxygens (including phenoxy) is 1. The third-order valence-electron chi connectivity index (χ3n) is 5.83. The van der Waals surface area contributed by atoms with Crippen molar-refractivity contribution in [3.63, 3.8) is 0 Å². The van der Waals surface area contributed by atoms with Gasteiger partial charge in [-0.2, -0.15) is 18.2 Å². The molecule has 0 saturated heterocycles. The minimum Gasteiger partial charge on any atom is -0.375 e. The number of rotatable bonds is 1. The molecular formula is C24H19F4N5O. The molecule has 4 aromatic rings. The van der Waals surface area contributed by atoms with E-state index in [-0.39, 0.29) is 12.0 Å². The van der Waals surface area contributed by atoms with E-state index in [2.05, 4.69) is 27.0 Å². The lowest BCUT2D eigenvalue weighted by atomic mass is 9.92. The highest BCUT2D eigenvalue weighted by atomic mass is 19.4. The lowest BCUT2D eigenvalue weighted by molar-refractivity contribution is -0.190. The van der Waals surface area contributed by atoms with Crippen LogP contribution in [0.2, 0.25) is 0 Å². The van der Waals surface area contributed by atoms with Crippen molar-refractivity contribution in [1.29, 1.82) is 0 Å². The Bertz CT molecular complexity index is 1470. The van der Waals surface area contributed by atoms with E-state index in [1.54, 1.807) is 39.6 Å². The molecule has 0 unspecified atom stereocenters. The van der Waals surface area contributed by atoms with Crippen molar-refractivity contribution in [2.24, 2.45) is 5.41 Å². The topological polar surface area (TPSA) is 55.5 Å². The van der Waals surface area contributed by atoms with Gasteiger partial charge in [0.05, 0.1) is 24.1 Å². The molecule has 0 spiro atoms. The predicted molar refractivity (Wildman–Crippen MR) is 118 cm³/mol. The average Bonchev–Trinajstić information content (AvgIpc) is 3.16. The molecule has 0 N–H and O–H groups in total. The van der Waals surface area contributed by atoms with Crippen molar-refractivity contribution < 1.29 is 22.3 Å². The van der Waals surface area contributed by atoms with Crippen LogP contribution in [0.3, 0.4) is 0 Å². The molecule has 3 heterocycles. The normalized spacial score (nSPS) is 14.6. The maximum atomic E-state index is 15.1. The van der Waals surface area contributed by atoms with Crippen LogP contribution in [-0.4, -0.2) is 38.9 Å². The van der Waals surface area contributed by atoms with Gasteiger partial charge in [0, 0.05) is 23.4 Å². The molecule has 2 aromatic carbocycles. The highest BCUT2D eigenvalue weighted by Gasteiger charge is 2.46. The zero-order chi connectivity index (χ0) is 24.1. The molecule has 0 aliphatic carbocycles. The minimum absolute atomic E-state index is 0.150. The maximum Gasteiger partial charge on any atom is 0.404 e. The highest BCUT2D eigenvalue weighted by molar-refractivity contribution is 5.94. The van der Waals surface area contributed by atoms with Crippen molar-refractivity contribution in [3.05, 3.63) is 59.7 Å². The molecule has 34 heavy (non-hydrogen) atoms. The molecule has 1 aliphatic rings. The Morgan fingerprint density at radius 2 is 1.88 bits per heavy atom. The Kier molecular flexibility index (Phi) is 5.17. The average molecular weight is 469 g/mol. The fraction of sp³-hybridized carbons (Fsp3) is 0.292. The number of nitrogens with zero attached hydrogens (tertiary/aromatic N) is 5. The second-order valence-electron chi connectivity index (χ2n) is 8.45. The van der Waals surface area contributed by atoms with Crippen LogP contribution in [0.1, 0.15) is 25.0 Å². The molecule has 0 radical (unpaired) electrons. The summed E-state index contributed by atoms with van der Waals surface area (Å²) in [5.74, 6) is 5.20. The van der Waals surface area contributed by atoms with Crippen molar-refractivity contribution in [3.8, 4) is 11.8 Å². The fourth-order valence-corrected chi connectivity index (χ4v) is 3.82. The van der Waals surface area contributed by atoms with Gasteiger partial charge in [-0.05, 0) is 38.1 Å². The van der Waals surface area contributed by atoms with E-state index in [0.29, 0.717) is 47.1 Å². The number of benzene rings is 2. The molecule has 174 valence electrons. The van der Waals surface area contributed by atoms with Crippen LogP contribution in [0.15, 0.2) is 42.7 Å². The van der Waals surface area contributed by atoms with E-state index in [1.807, 2.05) is 0 Å². The predicted octanol–water partition coefficient (Wildman–Crippen LogP) is 5.02. The Morgan fingerprint density at radius 1 is 1.09 bits per heavy atom. The first-order valence-corrected chi connectivity index (χ1v) is 10.5. The number of hydrogen-bond donors (Lipinski definition) is 0. The first-order chi connectivity index (χ1) is 16.2. The minimum atomic E-state index is -4.47. The van der Waals surface area contributed by atoms with Crippen molar-refractivity contribution in [2.45, 2.75) is 26.6 Å². The third kappa shape index (κ3) is 3.62. The summed E-state index contributed by atoms with van der Waals surface area (Å²) in [6.07, 6.45) is -3.01. The lowest BCUT2D eigenvalue weighted by Gasteiger charge is -2.25. The molecule has 0 bridgehead atoms. The molecule has 1 aliphatic heterocycles. The molecule has 2 aromatic heterocycles. The van der Waals surface area contributed by atoms with Crippen LogP contribution in [-0.2, 0) is 11.3 Å². The number of alkyl halides is 3. The van der Waals surface area contributed by atoms with Crippen LogP contribution >= 0.6 is 0 Å². The summed E-state index contributed by atoms with van der Waals surface area (Å²) in [7, 11) is 0. The van der Waals surface area contributed by atoms with Crippen LogP contribution in [0, 0.1) is 23.1 Å². The van der Waals surface area contributed by atoms with Crippen LogP contribution in [0.5, 0.6) is 0 Å². The summed E-state index contributed by atoms with van der Waals surface area (Å²) in [5.41, 5.74) is 0.0171. The second kappa shape index (κ2) is 7.95. The lowest BCUT2D eigenvalue weighted by Crippen LogP contribution is -2.30. The standard InChI is InChI=1S/C24H19F4N5O/c1-23(2,24(26,27)28)10-9-15-5-3-7-18-16(15)13-34-12-11-32(18)21-20-17(25)6-4-8-19(20)33-14-29-31-22(33)30-21/h3-8,14H,11-13H2,1-2H3. The zero-order valence-corrected chi connectivity index (χ0v) is 18.3. The van der Waals surface area contributed by atoms with Crippen LogP contribution in [0.25, 0.3) is 16.7 Å². The number of anilines is 2. The van der Waals surface area contributed by atoms with Gasteiger partial charge in [-0.25, -0.2) is 4.39 Å². The van der Waals surface area contributed by atoms with Gasteiger partial charge in [-0.3, -0.25) is 4.40 Å². The van der Waals surface area contributed by atoms with Crippen molar-refractivity contribution in [1.82, 2.24) is 19.6 Å². The Morgan fingerprint density at radius 3 is 2.68 bits per heavy atom. The first kappa shape index (κ1) is 22.1. The summed E-state index contributed by atoms with van der Waals surface area (Å²) in [5, 5.41) is 8.18. The summed E-state index contributed by atoms with van der Waals surface area (Å²) in [6, 6.07) is 9.84. The summed E-state index contributed by atoms with van der Waals surface area (Å²) >= 11 is 0. The van der Waals surface area contributed by atoms with E-state index in [1.165, 1.54) is 12.4 Å². The molecule has 6 nitrogen and oxygen atoms in total. The molecule has 0 atom stereocenters. The van der Waals surface area contributed by atoms with Gasteiger partial charge in [-0.15, -0.1) is 10.2 Å². The third-order valence-corrected chi connectivity index (χ3v) is 5.83. The van der Waals surface area contributed by atoms with E-state index in [0.717, 1.165) is 13.8 Å². The largest absolute Gasteiger partial charge is 0.404 e. The van der Waals surface area contributed by atoms with E-state index >= 15 is 4.39 Å². The SMILES string of the molecule is CC(C)(C#Cc1cccc2c1COCCN2c1nc2nncn2c2cccc(F)c12)C(F)(F)F. The van der Waals surface area contributed by atoms with Gasteiger partial charge in [0.15, 0.2) is 0 Å². The van der Waals surface area contributed by atoms with Gasteiger partial charge in [0.2, 0.25) is 0 Å². The van der Waals surface area contributed by atoms with E-state index < -0.39 is 17.4 Å². The van der Waals surface area contributed by atoms with Gasteiger partial charge in [-0.1, -0.05) is 24.0 Å². The number of aromatic nitrogens is 4. The number of halogens is 4. The summed E-state index contributed by atoms with van der Waals surface area (Å²) < 4.78 is 62.4. The maximum absolute atomic E-state index is 15.1. The molecule has 0 amide bonds. The first-order valence-electron chi connectivity index (χ1n) is 10.5. The highest BCUT2D eigenvalue weighted by Crippen LogP contribution is 2.38. The molecule has 5 rings (SSSR count). The van der Waals surface area contributed by atoms with Gasteiger partial charge in [0.1, 0.15) is 23.4 Å². The molecule has 10 heteroatoms. The van der Waals surface area contributed by atoms with E-state index in [9.17, 15) is 13.2 Å². The van der Waals surface area contributed by atoms with Crippen LogP contribution < -0.4 is 4.90 Å². The van der Waals surface area contributed by atoms with Crippen molar-refractivity contribution in [2.75, 3.05) is 18.1 Å². The Hall–Kier alpha value is -3.71. The van der Waals surface area contributed by atoms with Crippen molar-refractivity contribution >= 4 is 28.2 Å². The quantitative estimate of drug-likeness (QED) is 0.289. The summed E-state index contributed by atoms with van der Waals surface area (Å²) in [4.78, 5) is 6.36. The van der Waals surface area contributed by atoms with E-state index in [4.69, 9.17) is 4.74 Å². The Labute approximate surface area is 192 Å². The number of hydrogen-bond acceptors (Lipinski definition) is 5. The van der Waals surface area contributed by atoms with Gasteiger partial charge < -0.3 is 9.64 Å². The fourth-order valence-electron chi connectivity index (χ4n) is 3.82. The molecule has 0 saturated carbocycles. The smallest absolute Gasteiger partial charge is 0.375 e. The van der Waals surface area contributed by atoms with Crippen LogP contribution in [0.4, 0.5) is 29.1 Å². The Balaban J connectivity index is 1.71.